The van der Waals surface area contributed by atoms with Crippen LogP contribution in [0.3, 0.4) is 0 Å². The number of hydrogen-bond acceptors (Lipinski definition) is 5. The van der Waals surface area contributed by atoms with Gasteiger partial charge in [-0.15, -0.1) is 13.2 Å². The van der Waals surface area contributed by atoms with Crippen molar-refractivity contribution in [1.82, 2.24) is 10.6 Å². The predicted octanol–water partition coefficient (Wildman–Crippen LogP) is 0.936. The number of rotatable bonds is 12. The van der Waals surface area contributed by atoms with Crippen LogP contribution >= 0.6 is 0 Å². The molecule has 25 heavy (non-hydrogen) atoms. The van der Waals surface area contributed by atoms with E-state index >= 15 is 0 Å². The highest BCUT2D eigenvalue weighted by Crippen LogP contribution is 2.08. The third-order valence-electron chi connectivity index (χ3n) is 3.50. The van der Waals surface area contributed by atoms with Gasteiger partial charge in [0.15, 0.2) is 0 Å². The highest BCUT2D eigenvalue weighted by atomic mass is 16.5. The van der Waals surface area contributed by atoms with Crippen LogP contribution < -0.4 is 10.6 Å². The van der Waals surface area contributed by atoms with Crippen molar-refractivity contribution < 1.29 is 24.2 Å². The zero-order valence-corrected chi connectivity index (χ0v) is 15.3. The van der Waals surface area contributed by atoms with Crippen LogP contribution in [0.15, 0.2) is 25.3 Å². The van der Waals surface area contributed by atoms with Crippen LogP contribution in [-0.4, -0.2) is 48.2 Å². The number of aliphatic hydroxyl groups excluding tert-OH is 1. The second kappa shape index (κ2) is 12.2. The van der Waals surface area contributed by atoms with E-state index in [9.17, 15) is 14.4 Å². The lowest BCUT2D eigenvalue weighted by Gasteiger charge is -2.20. The first-order valence-electron chi connectivity index (χ1n) is 8.37. The summed E-state index contributed by atoms with van der Waals surface area (Å²) in [5, 5.41) is 14.1. The second-order valence-electron chi connectivity index (χ2n) is 6.09. The number of allylic oxidation sites excluding steroid dienone is 2. The molecule has 0 spiro atoms. The van der Waals surface area contributed by atoms with E-state index in [4.69, 9.17) is 9.84 Å². The highest BCUT2D eigenvalue weighted by molar-refractivity contribution is 6.00. The summed E-state index contributed by atoms with van der Waals surface area (Å²) in [5.74, 6) is -2.57. The minimum Gasteiger partial charge on any atom is -0.461 e. The smallest absolute Gasteiger partial charge is 0.309 e. The van der Waals surface area contributed by atoms with Crippen LogP contribution in [0, 0.1) is 11.8 Å². The molecule has 4 atom stereocenters. The van der Waals surface area contributed by atoms with Crippen LogP contribution in [0.4, 0.5) is 0 Å². The maximum Gasteiger partial charge on any atom is 0.309 e. The quantitative estimate of drug-likeness (QED) is 0.275. The molecule has 1 unspecified atom stereocenters. The second-order valence-corrected chi connectivity index (χ2v) is 6.09. The predicted molar refractivity (Wildman–Crippen MR) is 95.5 cm³/mol. The molecule has 0 aromatic rings. The Morgan fingerprint density at radius 3 is 2.20 bits per heavy atom. The van der Waals surface area contributed by atoms with Crippen LogP contribution in [0.5, 0.6) is 0 Å². The number of ether oxygens (including phenoxy) is 1. The standard InChI is InChI=1S/C18H30N2O5/c1-6-8-12(3)18(24)25-14(5)10-19-16(22)15(9-7-2)17(23)20-13(4)11-21/h6-7,12-15,21H,1-2,8-11H2,3-5H3,(H,19,22)(H,20,23)/t12-,13+,14-,15?/m0/s1. The Morgan fingerprint density at radius 1 is 1.08 bits per heavy atom. The summed E-state index contributed by atoms with van der Waals surface area (Å²) in [7, 11) is 0. The molecule has 0 aliphatic rings. The Kier molecular flexibility index (Phi) is 11.2. The van der Waals surface area contributed by atoms with Gasteiger partial charge in [-0.1, -0.05) is 19.1 Å². The molecule has 0 saturated carbocycles. The Balaban J connectivity index is 4.55. The maximum absolute atomic E-state index is 12.2. The topological polar surface area (TPSA) is 105 Å². The summed E-state index contributed by atoms with van der Waals surface area (Å²) in [6.07, 6.45) is 3.29. The molecule has 0 rings (SSSR count). The van der Waals surface area contributed by atoms with Crippen molar-refractivity contribution in [3.05, 3.63) is 25.3 Å². The van der Waals surface area contributed by atoms with E-state index in [2.05, 4.69) is 23.8 Å². The van der Waals surface area contributed by atoms with Crippen molar-refractivity contribution in [3.63, 3.8) is 0 Å². The van der Waals surface area contributed by atoms with Gasteiger partial charge in [0.1, 0.15) is 12.0 Å². The Morgan fingerprint density at radius 2 is 1.68 bits per heavy atom. The van der Waals surface area contributed by atoms with E-state index < -0.39 is 29.9 Å². The highest BCUT2D eigenvalue weighted by Gasteiger charge is 2.26. The van der Waals surface area contributed by atoms with Crippen molar-refractivity contribution in [1.29, 1.82) is 0 Å². The first kappa shape index (κ1) is 22.9. The van der Waals surface area contributed by atoms with Gasteiger partial charge in [-0.2, -0.15) is 0 Å². The van der Waals surface area contributed by atoms with Crippen molar-refractivity contribution in [3.8, 4) is 0 Å². The third kappa shape index (κ3) is 9.05. The van der Waals surface area contributed by atoms with Crippen molar-refractivity contribution in [2.24, 2.45) is 11.8 Å². The lowest BCUT2D eigenvalue weighted by atomic mass is 10.0. The normalized spacial score (nSPS) is 15.2. The number of esters is 1. The summed E-state index contributed by atoms with van der Waals surface area (Å²) in [6.45, 7) is 12.0. The van der Waals surface area contributed by atoms with Gasteiger partial charge in [0.2, 0.25) is 11.8 Å². The number of carbonyl (C=O) groups excluding carboxylic acids is 3. The number of aliphatic hydroxyl groups is 1. The molecule has 0 radical (unpaired) electrons. The fourth-order valence-electron chi connectivity index (χ4n) is 1.96. The third-order valence-corrected chi connectivity index (χ3v) is 3.50. The molecule has 0 aliphatic heterocycles. The minimum absolute atomic E-state index is 0.0991. The molecule has 3 N–H and O–H groups in total. The van der Waals surface area contributed by atoms with Crippen LogP contribution in [0.25, 0.3) is 0 Å². The number of carbonyl (C=O) groups is 3. The van der Waals surface area contributed by atoms with Gasteiger partial charge in [-0.25, -0.2) is 0 Å². The zero-order valence-electron chi connectivity index (χ0n) is 15.3. The van der Waals surface area contributed by atoms with Crippen molar-refractivity contribution >= 4 is 17.8 Å². The zero-order chi connectivity index (χ0) is 19.4. The van der Waals surface area contributed by atoms with E-state index in [1.54, 1.807) is 26.8 Å². The first-order chi connectivity index (χ1) is 11.8. The Hall–Kier alpha value is -2.15. The molecule has 0 aromatic carbocycles. The number of nitrogens with one attached hydrogen (secondary N) is 2. The largest absolute Gasteiger partial charge is 0.461 e. The van der Waals surface area contributed by atoms with Crippen LogP contribution in [-0.2, 0) is 19.1 Å². The molecule has 0 fully saturated rings. The molecule has 0 bridgehead atoms. The molecular formula is C18H30N2O5. The Bertz CT molecular complexity index is 478. The summed E-state index contributed by atoms with van der Waals surface area (Å²) in [6, 6.07) is -0.446. The lowest BCUT2D eigenvalue weighted by molar-refractivity contribution is -0.153. The number of hydrogen-bond donors (Lipinski definition) is 3. The minimum atomic E-state index is -0.950. The van der Waals surface area contributed by atoms with Gasteiger partial charge < -0.3 is 20.5 Å². The van der Waals surface area contributed by atoms with Gasteiger partial charge in [0, 0.05) is 6.04 Å². The monoisotopic (exact) mass is 354 g/mol. The lowest BCUT2D eigenvalue weighted by Crippen LogP contribution is -2.46. The van der Waals surface area contributed by atoms with Crippen LogP contribution in [0.2, 0.25) is 0 Å². The molecule has 7 nitrogen and oxygen atoms in total. The summed E-state index contributed by atoms with van der Waals surface area (Å²) >= 11 is 0. The Labute approximate surface area is 149 Å². The average Bonchev–Trinajstić information content (AvgIpc) is 2.57. The van der Waals surface area contributed by atoms with Gasteiger partial charge >= 0.3 is 5.97 Å². The van der Waals surface area contributed by atoms with Crippen molar-refractivity contribution in [2.45, 2.75) is 45.8 Å². The molecule has 0 saturated heterocycles. The molecule has 7 heteroatoms. The molecule has 0 aromatic heterocycles. The van der Waals surface area contributed by atoms with Gasteiger partial charge in [0.05, 0.1) is 19.1 Å². The molecule has 0 aliphatic carbocycles. The fraction of sp³-hybridized carbons (Fsp3) is 0.611. The van der Waals surface area contributed by atoms with Gasteiger partial charge in [0.25, 0.3) is 0 Å². The molecule has 0 heterocycles. The maximum atomic E-state index is 12.2. The summed E-state index contributed by atoms with van der Waals surface area (Å²) in [5.41, 5.74) is 0. The molecule has 2 amide bonds. The van der Waals surface area contributed by atoms with Crippen molar-refractivity contribution in [2.75, 3.05) is 13.2 Å². The van der Waals surface area contributed by atoms with E-state index in [0.717, 1.165) is 0 Å². The summed E-state index contributed by atoms with van der Waals surface area (Å²) in [4.78, 5) is 36.1. The SMILES string of the molecule is C=CCC(C(=O)NC[C@H](C)OC(=O)[C@@H](C)CC=C)C(=O)N[C@H](C)CO. The molecule has 142 valence electrons. The number of amides is 2. The van der Waals surface area contributed by atoms with Gasteiger partial charge in [-0.05, 0) is 26.7 Å². The van der Waals surface area contributed by atoms with E-state index in [0.29, 0.717) is 6.42 Å². The first-order valence-corrected chi connectivity index (χ1v) is 8.37. The average molecular weight is 354 g/mol. The molecular weight excluding hydrogens is 324 g/mol. The summed E-state index contributed by atoms with van der Waals surface area (Å²) < 4.78 is 5.24. The fourth-order valence-corrected chi connectivity index (χ4v) is 1.96. The van der Waals surface area contributed by atoms with E-state index in [-0.39, 0.29) is 31.5 Å². The van der Waals surface area contributed by atoms with Gasteiger partial charge in [-0.3, -0.25) is 14.4 Å². The van der Waals surface area contributed by atoms with E-state index in [1.165, 1.54) is 6.08 Å². The van der Waals surface area contributed by atoms with Crippen LogP contribution in [0.1, 0.15) is 33.6 Å². The van der Waals surface area contributed by atoms with E-state index in [1.807, 2.05) is 0 Å².